The molecular weight excluding hydrogens is 286 g/mol. The summed E-state index contributed by atoms with van der Waals surface area (Å²) in [6.45, 7) is 2.28. The van der Waals surface area contributed by atoms with Crippen molar-refractivity contribution >= 4 is 0 Å². The molecule has 2 aromatic rings. The molecule has 23 heavy (non-hydrogen) atoms. The van der Waals surface area contributed by atoms with Gasteiger partial charge in [-0.1, -0.05) is 48.5 Å². The fraction of sp³-hybridized carbons (Fsp3) is 0.400. The maximum absolute atomic E-state index is 5.99. The Labute approximate surface area is 138 Å². The fourth-order valence-electron chi connectivity index (χ4n) is 3.39. The van der Waals surface area contributed by atoms with Crippen LogP contribution in [0, 0.1) is 0 Å². The molecule has 0 spiro atoms. The van der Waals surface area contributed by atoms with Crippen LogP contribution in [0.15, 0.2) is 54.6 Å². The van der Waals surface area contributed by atoms with Crippen molar-refractivity contribution in [3.05, 3.63) is 65.7 Å². The summed E-state index contributed by atoms with van der Waals surface area (Å²) >= 11 is 0. The second kappa shape index (κ2) is 8.14. The van der Waals surface area contributed by atoms with E-state index in [1.54, 1.807) is 7.11 Å². The van der Waals surface area contributed by atoms with Gasteiger partial charge in [-0.3, -0.25) is 0 Å². The number of hydrogen-bond acceptors (Lipinski definition) is 3. The van der Waals surface area contributed by atoms with E-state index >= 15 is 0 Å². The normalized spacial score (nSPS) is 18.7. The van der Waals surface area contributed by atoms with Crippen LogP contribution in [0.25, 0.3) is 0 Å². The van der Waals surface area contributed by atoms with E-state index in [1.165, 1.54) is 24.0 Å². The van der Waals surface area contributed by atoms with Crippen molar-refractivity contribution < 1.29 is 9.47 Å². The highest BCUT2D eigenvalue weighted by Gasteiger charge is 2.29. The second-order valence-corrected chi connectivity index (χ2v) is 5.97. The van der Waals surface area contributed by atoms with Crippen LogP contribution >= 0.6 is 0 Å². The topological polar surface area (TPSA) is 30.5 Å². The zero-order valence-electron chi connectivity index (χ0n) is 13.7. The highest BCUT2D eigenvalue weighted by molar-refractivity contribution is 5.43. The number of ether oxygens (including phenoxy) is 2. The Bertz CT molecular complexity index is 594. The van der Waals surface area contributed by atoms with Gasteiger partial charge in [0.05, 0.1) is 6.61 Å². The van der Waals surface area contributed by atoms with Crippen LogP contribution in [0.4, 0.5) is 0 Å². The molecule has 3 nitrogen and oxygen atoms in total. The Balaban J connectivity index is 1.93. The van der Waals surface area contributed by atoms with E-state index in [1.807, 2.05) is 6.07 Å². The quantitative estimate of drug-likeness (QED) is 0.793. The predicted octanol–water partition coefficient (Wildman–Crippen LogP) is 3.60. The number of rotatable bonds is 7. The third-order valence-electron chi connectivity index (χ3n) is 4.46. The van der Waals surface area contributed by atoms with E-state index in [0.717, 1.165) is 12.3 Å². The predicted molar refractivity (Wildman–Crippen MR) is 93.1 cm³/mol. The summed E-state index contributed by atoms with van der Waals surface area (Å²) in [5, 5.41) is 3.67. The molecule has 0 aliphatic carbocycles. The van der Waals surface area contributed by atoms with Crippen LogP contribution in [0.2, 0.25) is 0 Å². The van der Waals surface area contributed by atoms with Crippen LogP contribution in [0.3, 0.4) is 0 Å². The van der Waals surface area contributed by atoms with Gasteiger partial charge >= 0.3 is 0 Å². The first-order valence-corrected chi connectivity index (χ1v) is 8.39. The van der Waals surface area contributed by atoms with Crippen molar-refractivity contribution in [3.63, 3.8) is 0 Å². The Kier molecular flexibility index (Phi) is 5.67. The summed E-state index contributed by atoms with van der Waals surface area (Å²) in [7, 11) is 1.70. The molecule has 1 saturated heterocycles. The van der Waals surface area contributed by atoms with Gasteiger partial charge in [-0.05, 0) is 31.0 Å². The molecule has 0 unspecified atom stereocenters. The van der Waals surface area contributed by atoms with Crippen molar-refractivity contribution in [2.45, 2.75) is 24.8 Å². The Hall–Kier alpha value is -1.84. The third-order valence-corrected chi connectivity index (χ3v) is 4.46. The molecule has 1 heterocycles. The minimum absolute atomic E-state index is 0.317. The average molecular weight is 311 g/mol. The van der Waals surface area contributed by atoms with Crippen LogP contribution in [-0.2, 0) is 4.74 Å². The Morgan fingerprint density at radius 1 is 1.04 bits per heavy atom. The first-order valence-electron chi connectivity index (χ1n) is 8.39. The average Bonchev–Trinajstić information content (AvgIpc) is 3.12. The largest absolute Gasteiger partial charge is 0.491 e. The lowest BCUT2D eigenvalue weighted by atomic mass is 9.84. The number of nitrogens with one attached hydrogen (secondary N) is 1. The van der Waals surface area contributed by atoms with E-state index < -0.39 is 0 Å². The monoisotopic (exact) mass is 311 g/mol. The summed E-state index contributed by atoms with van der Waals surface area (Å²) in [5.74, 6) is 1.28. The molecular formula is C20H25NO2. The van der Waals surface area contributed by atoms with Crippen molar-refractivity contribution in [1.82, 2.24) is 5.32 Å². The maximum Gasteiger partial charge on any atom is 0.123 e. The van der Waals surface area contributed by atoms with Gasteiger partial charge in [0, 0.05) is 24.6 Å². The standard InChI is InChI=1S/C20H25NO2/c1-22-14-15-23-19-12-6-5-10-17(19)20(18-11-7-13-21-18)16-8-3-2-4-9-16/h2-6,8-10,12,18,20-21H,7,11,13-15H2,1H3/t18-,20-/m1/s1. The molecule has 0 radical (unpaired) electrons. The van der Waals surface area contributed by atoms with Crippen LogP contribution in [-0.4, -0.2) is 32.9 Å². The lowest BCUT2D eigenvalue weighted by molar-refractivity contribution is 0.145. The van der Waals surface area contributed by atoms with Crippen molar-refractivity contribution in [2.75, 3.05) is 26.9 Å². The van der Waals surface area contributed by atoms with E-state index in [2.05, 4.69) is 53.8 Å². The minimum Gasteiger partial charge on any atom is -0.491 e. The summed E-state index contributed by atoms with van der Waals surface area (Å²) < 4.78 is 11.1. The molecule has 0 saturated carbocycles. The first kappa shape index (κ1) is 16.0. The molecule has 2 atom stereocenters. The molecule has 0 bridgehead atoms. The van der Waals surface area contributed by atoms with Gasteiger partial charge in [-0.15, -0.1) is 0 Å². The Morgan fingerprint density at radius 3 is 2.57 bits per heavy atom. The van der Waals surface area contributed by atoms with Gasteiger partial charge in [0.15, 0.2) is 0 Å². The molecule has 1 aliphatic heterocycles. The molecule has 0 amide bonds. The summed E-state index contributed by atoms with van der Waals surface area (Å²) in [6, 6.07) is 19.6. The van der Waals surface area contributed by atoms with Crippen molar-refractivity contribution in [2.24, 2.45) is 0 Å². The van der Waals surface area contributed by atoms with E-state index in [-0.39, 0.29) is 0 Å². The van der Waals surface area contributed by atoms with Crippen LogP contribution < -0.4 is 10.1 Å². The molecule has 3 rings (SSSR count). The summed E-state index contributed by atoms with van der Waals surface area (Å²) in [4.78, 5) is 0. The van der Waals surface area contributed by atoms with Crippen molar-refractivity contribution in [3.8, 4) is 5.75 Å². The summed E-state index contributed by atoms with van der Waals surface area (Å²) in [5.41, 5.74) is 2.60. The van der Waals surface area contributed by atoms with E-state index in [0.29, 0.717) is 25.2 Å². The zero-order valence-corrected chi connectivity index (χ0v) is 13.7. The number of benzene rings is 2. The molecule has 1 fully saturated rings. The summed E-state index contributed by atoms with van der Waals surface area (Å²) in [6.07, 6.45) is 2.44. The number of methoxy groups -OCH3 is 1. The fourth-order valence-corrected chi connectivity index (χ4v) is 3.39. The number of hydrogen-bond donors (Lipinski definition) is 1. The second-order valence-electron chi connectivity index (χ2n) is 5.97. The molecule has 0 aromatic heterocycles. The lowest BCUT2D eigenvalue weighted by Gasteiger charge is -2.27. The van der Waals surface area contributed by atoms with Gasteiger partial charge in [0.25, 0.3) is 0 Å². The molecule has 2 aromatic carbocycles. The maximum atomic E-state index is 5.99. The Morgan fingerprint density at radius 2 is 1.83 bits per heavy atom. The first-order chi connectivity index (χ1) is 11.4. The van der Waals surface area contributed by atoms with E-state index in [4.69, 9.17) is 9.47 Å². The van der Waals surface area contributed by atoms with Gasteiger partial charge in [-0.2, -0.15) is 0 Å². The molecule has 1 N–H and O–H groups in total. The van der Waals surface area contributed by atoms with Gasteiger partial charge in [0.1, 0.15) is 12.4 Å². The third kappa shape index (κ3) is 3.92. The van der Waals surface area contributed by atoms with Gasteiger partial charge < -0.3 is 14.8 Å². The van der Waals surface area contributed by atoms with Gasteiger partial charge in [-0.25, -0.2) is 0 Å². The van der Waals surface area contributed by atoms with Gasteiger partial charge in [0.2, 0.25) is 0 Å². The number of para-hydroxylation sites is 1. The SMILES string of the molecule is COCCOc1ccccc1[C@@H](c1ccccc1)[C@H]1CCCN1. The van der Waals surface area contributed by atoms with Crippen molar-refractivity contribution in [1.29, 1.82) is 0 Å². The highest BCUT2D eigenvalue weighted by atomic mass is 16.5. The van der Waals surface area contributed by atoms with Crippen LogP contribution in [0.5, 0.6) is 5.75 Å². The zero-order chi connectivity index (χ0) is 15.9. The van der Waals surface area contributed by atoms with Crippen LogP contribution in [0.1, 0.15) is 29.9 Å². The minimum atomic E-state index is 0.317. The lowest BCUT2D eigenvalue weighted by Crippen LogP contribution is -2.30. The highest BCUT2D eigenvalue weighted by Crippen LogP contribution is 2.37. The molecule has 1 aliphatic rings. The van der Waals surface area contributed by atoms with E-state index in [9.17, 15) is 0 Å². The molecule has 3 heteroatoms. The smallest absolute Gasteiger partial charge is 0.123 e. The molecule has 122 valence electrons.